The van der Waals surface area contributed by atoms with Crippen LogP contribution in [0.4, 0.5) is 14.7 Å². The second-order valence-corrected chi connectivity index (χ2v) is 7.75. The van der Waals surface area contributed by atoms with E-state index in [1.807, 2.05) is 6.92 Å². The van der Waals surface area contributed by atoms with Crippen molar-refractivity contribution in [2.24, 2.45) is 0 Å². The van der Waals surface area contributed by atoms with E-state index in [1.165, 1.54) is 16.6 Å². The van der Waals surface area contributed by atoms with Gasteiger partial charge in [-0.25, -0.2) is 13.3 Å². The normalized spacial score (nSPS) is 12.4. The summed E-state index contributed by atoms with van der Waals surface area (Å²) in [5.74, 6) is -0.600. The highest BCUT2D eigenvalue weighted by molar-refractivity contribution is 6.32. The number of aromatic nitrogens is 5. The Morgan fingerprint density at radius 1 is 0.969 bits per heavy atom. The van der Waals surface area contributed by atoms with Crippen LogP contribution in [0.15, 0.2) is 67.0 Å². The number of nitrogen functional groups attached to an aromatic ring is 1. The van der Waals surface area contributed by atoms with Gasteiger partial charge < -0.3 is 5.73 Å². The Hall–Kier alpha value is -3.78. The topological polar surface area (TPSA) is 74.0 Å². The van der Waals surface area contributed by atoms with Crippen molar-refractivity contribution >= 4 is 23.2 Å². The molecule has 0 spiro atoms. The molecule has 5 aromatic rings. The lowest BCUT2D eigenvalue weighted by molar-refractivity contribution is 0.561. The monoisotopic (exact) mass is 450 g/mol. The third-order valence-corrected chi connectivity index (χ3v) is 5.67. The molecule has 160 valence electrons. The number of rotatable bonds is 4. The molecule has 32 heavy (non-hydrogen) atoms. The first-order chi connectivity index (χ1) is 15.4. The fourth-order valence-electron chi connectivity index (χ4n) is 3.67. The molecular weight excluding hydrogens is 434 g/mol. The standard InChI is InChI=1S/C23H17ClF2N6/c1-13(14-5-7-16(25)8-6-14)32-12-19(22(24)29-32)18-4-2-3-17(21(18)26)15-9-10-31-20(11-15)28-23(27)30-31/h2-13H,1H3,(H2,27,30)/t13-/m1/s1. The third kappa shape index (κ3) is 3.48. The maximum Gasteiger partial charge on any atom is 0.240 e. The van der Waals surface area contributed by atoms with E-state index in [9.17, 15) is 4.39 Å². The van der Waals surface area contributed by atoms with E-state index in [0.717, 1.165) is 5.56 Å². The minimum atomic E-state index is -0.430. The fraction of sp³-hybridized carbons (Fsp3) is 0.0870. The highest BCUT2D eigenvalue weighted by Gasteiger charge is 2.19. The van der Waals surface area contributed by atoms with Crippen LogP contribution in [0.2, 0.25) is 5.15 Å². The number of halogens is 3. The summed E-state index contributed by atoms with van der Waals surface area (Å²) in [6, 6.07) is 14.5. The van der Waals surface area contributed by atoms with E-state index in [1.54, 1.807) is 59.5 Å². The number of anilines is 1. The van der Waals surface area contributed by atoms with Crippen LogP contribution in [-0.2, 0) is 0 Å². The molecule has 0 radical (unpaired) electrons. The molecule has 0 aliphatic heterocycles. The number of fused-ring (bicyclic) bond motifs is 1. The van der Waals surface area contributed by atoms with Crippen LogP contribution in [-0.4, -0.2) is 24.4 Å². The predicted octanol–water partition coefficient (Wildman–Crippen LogP) is 5.38. The van der Waals surface area contributed by atoms with E-state index in [2.05, 4.69) is 15.2 Å². The van der Waals surface area contributed by atoms with Crippen LogP contribution in [0.3, 0.4) is 0 Å². The van der Waals surface area contributed by atoms with Crippen LogP contribution in [0, 0.1) is 11.6 Å². The molecule has 3 aromatic heterocycles. The van der Waals surface area contributed by atoms with Gasteiger partial charge in [-0.1, -0.05) is 41.9 Å². The summed E-state index contributed by atoms with van der Waals surface area (Å²) in [4.78, 5) is 4.13. The van der Waals surface area contributed by atoms with E-state index in [4.69, 9.17) is 17.3 Å². The third-order valence-electron chi connectivity index (χ3n) is 5.39. The van der Waals surface area contributed by atoms with Gasteiger partial charge >= 0.3 is 0 Å². The molecule has 0 saturated carbocycles. The zero-order valence-electron chi connectivity index (χ0n) is 16.9. The molecule has 3 heterocycles. The van der Waals surface area contributed by atoms with Crippen molar-refractivity contribution in [3.8, 4) is 22.3 Å². The minimum absolute atomic E-state index is 0.144. The summed E-state index contributed by atoms with van der Waals surface area (Å²) >= 11 is 6.39. The average Bonchev–Trinajstić information content (AvgIpc) is 3.35. The minimum Gasteiger partial charge on any atom is -0.366 e. The lowest BCUT2D eigenvalue weighted by Crippen LogP contribution is -2.07. The van der Waals surface area contributed by atoms with Crippen LogP contribution in [0.1, 0.15) is 18.5 Å². The van der Waals surface area contributed by atoms with Crippen LogP contribution in [0.5, 0.6) is 0 Å². The number of nitrogens with zero attached hydrogens (tertiary/aromatic N) is 5. The second-order valence-electron chi connectivity index (χ2n) is 7.40. The van der Waals surface area contributed by atoms with Crippen molar-refractivity contribution in [1.82, 2.24) is 24.4 Å². The van der Waals surface area contributed by atoms with Gasteiger partial charge in [0.05, 0.1) is 6.04 Å². The Kier molecular flexibility index (Phi) is 4.86. The van der Waals surface area contributed by atoms with Gasteiger partial charge in [-0.15, -0.1) is 5.10 Å². The molecule has 0 unspecified atom stereocenters. The first kappa shape index (κ1) is 20.1. The molecule has 2 N–H and O–H groups in total. The summed E-state index contributed by atoms with van der Waals surface area (Å²) in [7, 11) is 0. The highest BCUT2D eigenvalue weighted by atomic mass is 35.5. The Bertz CT molecular complexity index is 1440. The van der Waals surface area contributed by atoms with Gasteiger partial charge in [-0.05, 0) is 42.3 Å². The van der Waals surface area contributed by atoms with Gasteiger partial charge in [0.25, 0.3) is 0 Å². The first-order valence-electron chi connectivity index (χ1n) is 9.82. The Labute approximate surface area is 186 Å². The lowest BCUT2D eigenvalue weighted by atomic mass is 10.00. The van der Waals surface area contributed by atoms with Crippen molar-refractivity contribution in [2.75, 3.05) is 5.73 Å². The smallest absolute Gasteiger partial charge is 0.240 e. The number of nitrogens with two attached hydrogens (primary N) is 1. The maximum atomic E-state index is 15.6. The van der Waals surface area contributed by atoms with Gasteiger partial charge in [0.1, 0.15) is 11.6 Å². The predicted molar refractivity (Wildman–Crippen MR) is 119 cm³/mol. The number of pyridine rings is 1. The number of benzene rings is 2. The summed E-state index contributed by atoms with van der Waals surface area (Å²) in [5.41, 5.74) is 8.83. The molecule has 0 fully saturated rings. The van der Waals surface area contributed by atoms with Gasteiger partial charge in [0.2, 0.25) is 5.95 Å². The molecule has 5 rings (SSSR count). The Balaban J connectivity index is 1.55. The first-order valence-corrected chi connectivity index (χ1v) is 10.2. The van der Waals surface area contributed by atoms with Gasteiger partial charge in [0, 0.05) is 29.1 Å². The highest BCUT2D eigenvalue weighted by Crippen LogP contribution is 2.35. The SMILES string of the molecule is C[C@H](c1ccc(F)cc1)n1cc(-c2cccc(-c3ccn4nc(N)nc4c3)c2F)c(Cl)n1. The van der Waals surface area contributed by atoms with E-state index in [-0.39, 0.29) is 23.0 Å². The van der Waals surface area contributed by atoms with E-state index >= 15 is 4.39 Å². The average molecular weight is 451 g/mol. The molecular formula is C23H17ClF2N6. The van der Waals surface area contributed by atoms with E-state index < -0.39 is 5.82 Å². The van der Waals surface area contributed by atoms with Crippen LogP contribution >= 0.6 is 11.6 Å². The van der Waals surface area contributed by atoms with Gasteiger partial charge in [0.15, 0.2) is 10.8 Å². The largest absolute Gasteiger partial charge is 0.366 e. The Morgan fingerprint density at radius 2 is 1.72 bits per heavy atom. The maximum absolute atomic E-state index is 15.6. The molecule has 0 bridgehead atoms. The lowest BCUT2D eigenvalue weighted by Gasteiger charge is -2.12. The van der Waals surface area contributed by atoms with Crippen LogP contribution < -0.4 is 5.73 Å². The van der Waals surface area contributed by atoms with Gasteiger partial charge in [-0.2, -0.15) is 10.1 Å². The molecule has 6 nitrogen and oxygen atoms in total. The van der Waals surface area contributed by atoms with Crippen molar-refractivity contribution in [1.29, 1.82) is 0 Å². The second kappa shape index (κ2) is 7.72. The van der Waals surface area contributed by atoms with Crippen molar-refractivity contribution < 1.29 is 8.78 Å². The Morgan fingerprint density at radius 3 is 2.50 bits per heavy atom. The number of hydrogen-bond donors (Lipinski definition) is 1. The molecule has 1 atom stereocenters. The fourth-order valence-corrected chi connectivity index (χ4v) is 3.91. The zero-order chi connectivity index (χ0) is 22.4. The molecule has 0 aliphatic carbocycles. The molecule has 9 heteroatoms. The van der Waals surface area contributed by atoms with Gasteiger partial charge in [-0.3, -0.25) is 4.68 Å². The van der Waals surface area contributed by atoms with E-state index in [0.29, 0.717) is 27.9 Å². The van der Waals surface area contributed by atoms with Crippen molar-refractivity contribution in [3.05, 3.63) is 89.3 Å². The summed E-state index contributed by atoms with van der Waals surface area (Å²) in [6.45, 7) is 1.91. The van der Waals surface area contributed by atoms with Crippen molar-refractivity contribution in [3.63, 3.8) is 0 Å². The molecule has 0 aliphatic rings. The number of hydrogen-bond acceptors (Lipinski definition) is 4. The molecule has 0 amide bonds. The summed E-state index contributed by atoms with van der Waals surface area (Å²) in [6.07, 6.45) is 3.37. The molecule has 2 aromatic carbocycles. The van der Waals surface area contributed by atoms with Crippen LogP contribution in [0.25, 0.3) is 27.9 Å². The zero-order valence-corrected chi connectivity index (χ0v) is 17.6. The van der Waals surface area contributed by atoms with Crippen molar-refractivity contribution in [2.45, 2.75) is 13.0 Å². The molecule has 0 saturated heterocycles. The summed E-state index contributed by atoms with van der Waals surface area (Å²) in [5, 5.41) is 8.57. The summed E-state index contributed by atoms with van der Waals surface area (Å²) < 4.78 is 32.0. The quantitative estimate of drug-likeness (QED) is 0.398.